The van der Waals surface area contributed by atoms with Crippen LogP contribution in [-0.2, 0) is 11.3 Å². The third-order valence-electron chi connectivity index (χ3n) is 5.51. The van der Waals surface area contributed by atoms with E-state index in [0.29, 0.717) is 23.5 Å². The van der Waals surface area contributed by atoms with Crippen molar-refractivity contribution in [3.8, 4) is 0 Å². The van der Waals surface area contributed by atoms with E-state index in [4.69, 9.17) is 0 Å². The fourth-order valence-electron chi connectivity index (χ4n) is 3.84. The Morgan fingerprint density at radius 1 is 1.19 bits per heavy atom. The van der Waals surface area contributed by atoms with Gasteiger partial charge in [0.1, 0.15) is 6.04 Å². The standard InChI is InChI=1S/C19H23N3O4/c1-12(17(23)20-8-2-3-9-20)22-16-10-14(18(24)25)6-7-15(16)21(19(22)26)11-13-4-5-13/h6-7,10,12-13H,2-5,8-9,11H2,1H3,(H,24,25)/t12-/m0/s1. The number of aromatic nitrogens is 2. The Morgan fingerprint density at radius 3 is 2.50 bits per heavy atom. The van der Waals surface area contributed by atoms with E-state index >= 15 is 0 Å². The molecule has 2 fully saturated rings. The molecule has 7 heteroatoms. The van der Waals surface area contributed by atoms with Crippen molar-refractivity contribution in [2.45, 2.75) is 45.2 Å². The summed E-state index contributed by atoms with van der Waals surface area (Å²) in [5.74, 6) is -0.620. The second kappa shape index (κ2) is 6.30. The largest absolute Gasteiger partial charge is 0.478 e. The molecule has 1 saturated carbocycles. The van der Waals surface area contributed by atoms with Crippen LogP contribution in [-0.4, -0.2) is 44.1 Å². The van der Waals surface area contributed by atoms with Crippen LogP contribution in [0.4, 0.5) is 0 Å². The van der Waals surface area contributed by atoms with Gasteiger partial charge in [-0.2, -0.15) is 0 Å². The molecule has 0 radical (unpaired) electrons. The van der Waals surface area contributed by atoms with Crippen LogP contribution in [0.1, 0.15) is 49.0 Å². The SMILES string of the molecule is C[C@@H](C(=O)N1CCCC1)n1c(=O)n(CC2CC2)c2ccc(C(=O)O)cc21. The molecule has 1 aromatic carbocycles. The van der Waals surface area contributed by atoms with E-state index in [2.05, 4.69) is 0 Å². The number of amides is 1. The minimum absolute atomic E-state index is 0.0733. The lowest BCUT2D eigenvalue weighted by atomic mass is 10.2. The lowest BCUT2D eigenvalue weighted by Gasteiger charge is -2.21. The molecule has 4 rings (SSSR count). The average molecular weight is 357 g/mol. The Bertz CT molecular complexity index is 932. The number of carbonyl (C=O) groups excluding carboxylic acids is 1. The van der Waals surface area contributed by atoms with Gasteiger partial charge in [-0.05, 0) is 56.7 Å². The molecule has 0 spiro atoms. The van der Waals surface area contributed by atoms with E-state index in [1.165, 1.54) is 16.7 Å². The molecule has 2 heterocycles. The number of imidazole rings is 1. The molecule has 7 nitrogen and oxygen atoms in total. The Kier molecular flexibility index (Phi) is 4.09. The zero-order chi connectivity index (χ0) is 18.4. The topological polar surface area (TPSA) is 84.5 Å². The predicted molar refractivity (Wildman–Crippen MR) is 96.4 cm³/mol. The minimum Gasteiger partial charge on any atom is -0.478 e. The van der Waals surface area contributed by atoms with Gasteiger partial charge in [-0.15, -0.1) is 0 Å². The van der Waals surface area contributed by atoms with E-state index in [9.17, 15) is 19.5 Å². The van der Waals surface area contributed by atoms with Crippen LogP contribution in [0, 0.1) is 5.92 Å². The fourth-order valence-corrected chi connectivity index (χ4v) is 3.84. The molecule has 2 aromatic rings. The summed E-state index contributed by atoms with van der Waals surface area (Å²) in [5, 5.41) is 9.32. The highest BCUT2D eigenvalue weighted by Crippen LogP contribution is 2.32. The summed E-state index contributed by atoms with van der Waals surface area (Å²) >= 11 is 0. The van der Waals surface area contributed by atoms with Gasteiger partial charge in [0.05, 0.1) is 16.6 Å². The molecule has 0 bridgehead atoms. The highest BCUT2D eigenvalue weighted by Gasteiger charge is 2.30. The lowest BCUT2D eigenvalue weighted by molar-refractivity contribution is -0.133. The van der Waals surface area contributed by atoms with Crippen LogP contribution in [0.15, 0.2) is 23.0 Å². The van der Waals surface area contributed by atoms with Gasteiger partial charge >= 0.3 is 11.7 Å². The summed E-state index contributed by atoms with van der Waals surface area (Å²) in [6.45, 7) is 3.80. The Labute approximate surface area is 150 Å². The second-order valence-corrected chi connectivity index (χ2v) is 7.42. The summed E-state index contributed by atoms with van der Waals surface area (Å²) < 4.78 is 3.18. The molecule has 1 atom stereocenters. The van der Waals surface area contributed by atoms with E-state index in [-0.39, 0.29) is 17.2 Å². The van der Waals surface area contributed by atoms with Gasteiger partial charge < -0.3 is 10.0 Å². The monoisotopic (exact) mass is 357 g/mol. The summed E-state index contributed by atoms with van der Waals surface area (Å²) in [7, 11) is 0. The van der Waals surface area contributed by atoms with Gasteiger partial charge in [-0.25, -0.2) is 9.59 Å². The maximum atomic E-state index is 13.1. The van der Waals surface area contributed by atoms with Crippen molar-refractivity contribution >= 4 is 22.9 Å². The van der Waals surface area contributed by atoms with Gasteiger partial charge in [0.25, 0.3) is 0 Å². The molecule has 26 heavy (non-hydrogen) atoms. The molecule has 1 aliphatic heterocycles. The van der Waals surface area contributed by atoms with Crippen LogP contribution in [0.2, 0.25) is 0 Å². The summed E-state index contributed by atoms with van der Waals surface area (Å²) in [5.41, 5.74) is 1.12. The molecule has 2 aliphatic rings. The number of hydrogen-bond donors (Lipinski definition) is 1. The summed E-state index contributed by atoms with van der Waals surface area (Å²) in [6.07, 6.45) is 4.18. The van der Waals surface area contributed by atoms with Gasteiger partial charge in [0.15, 0.2) is 0 Å². The van der Waals surface area contributed by atoms with E-state index < -0.39 is 12.0 Å². The van der Waals surface area contributed by atoms with Crippen LogP contribution < -0.4 is 5.69 Å². The normalized spacial score (nSPS) is 18.4. The molecule has 1 saturated heterocycles. The Morgan fingerprint density at radius 2 is 1.88 bits per heavy atom. The number of carboxylic acids is 1. The van der Waals surface area contributed by atoms with Gasteiger partial charge in [-0.1, -0.05) is 0 Å². The molecule has 138 valence electrons. The van der Waals surface area contributed by atoms with Crippen molar-refractivity contribution in [3.63, 3.8) is 0 Å². The lowest BCUT2D eigenvalue weighted by Crippen LogP contribution is -2.38. The minimum atomic E-state index is -1.04. The average Bonchev–Trinajstić information content (AvgIpc) is 3.19. The first-order valence-electron chi connectivity index (χ1n) is 9.24. The Hall–Kier alpha value is -2.57. The van der Waals surface area contributed by atoms with Crippen molar-refractivity contribution in [3.05, 3.63) is 34.2 Å². The quantitative estimate of drug-likeness (QED) is 0.888. The number of nitrogens with zero attached hydrogens (tertiary/aromatic N) is 3. The third kappa shape index (κ3) is 2.81. The second-order valence-electron chi connectivity index (χ2n) is 7.42. The van der Waals surface area contributed by atoms with Crippen molar-refractivity contribution in [1.29, 1.82) is 0 Å². The number of hydrogen-bond acceptors (Lipinski definition) is 3. The van der Waals surface area contributed by atoms with Crippen molar-refractivity contribution in [2.75, 3.05) is 13.1 Å². The fraction of sp³-hybridized carbons (Fsp3) is 0.526. The molecule has 1 amide bonds. The Balaban J connectivity index is 1.84. The molecular formula is C19H23N3O4. The van der Waals surface area contributed by atoms with Crippen LogP contribution in [0.3, 0.4) is 0 Å². The zero-order valence-electron chi connectivity index (χ0n) is 14.9. The van der Waals surface area contributed by atoms with Crippen LogP contribution in [0.5, 0.6) is 0 Å². The molecule has 1 aromatic heterocycles. The molecule has 0 unspecified atom stereocenters. The molecule has 1 N–H and O–H groups in total. The van der Waals surface area contributed by atoms with E-state index in [1.54, 1.807) is 22.5 Å². The summed E-state index contributed by atoms with van der Waals surface area (Å²) in [6, 6.07) is 4.07. The van der Waals surface area contributed by atoms with Gasteiger partial charge in [0.2, 0.25) is 5.91 Å². The third-order valence-corrected chi connectivity index (χ3v) is 5.51. The summed E-state index contributed by atoms with van der Waals surface area (Å²) in [4.78, 5) is 39.1. The van der Waals surface area contributed by atoms with Crippen LogP contribution >= 0.6 is 0 Å². The first-order chi connectivity index (χ1) is 12.5. The number of benzene rings is 1. The number of rotatable bonds is 5. The highest BCUT2D eigenvalue weighted by molar-refractivity contribution is 5.93. The number of carbonyl (C=O) groups is 2. The van der Waals surface area contributed by atoms with E-state index in [1.807, 2.05) is 0 Å². The first kappa shape index (κ1) is 16.9. The van der Waals surface area contributed by atoms with Crippen molar-refractivity contribution in [2.24, 2.45) is 5.92 Å². The molecular weight excluding hydrogens is 334 g/mol. The number of carboxylic acid groups (broad SMARTS) is 1. The zero-order valence-corrected chi connectivity index (χ0v) is 14.9. The number of fused-ring (bicyclic) bond motifs is 1. The van der Waals surface area contributed by atoms with Gasteiger partial charge in [0, 0.05) is 19.6 Å². The van der Waals surface area contributed by atoms with Crippen molar-refractivity contribution in [1.82, 2.24) is 14.0 Å². The van der Waals surface area contributed by atoms with Gasteiger partial charge in [-0.3, -0.25) is 13.9 Å². The smallest absolute Gasteiger partial charge is 0.335 e. The number of aromatic carboxylic acids is 1. The number of likely N-dealkylation sites (tertiary alicyclic amines) is 1. The van der Waals surface area contributed by atoms with E-state index in [0.717, 1.165) is 38.8 Å². The van der Waals surface area contributed by atoms with Crippen LogP contribution in [0.25, 0.3) is 11.0 Å². The van der Waals surface area contributed by atoms with Crippen molar-refractivity contribution < 1.29 is 14.7 Å². The highest BCUT2D eigenvalue weighted by atomic mass is 16.4. The maximum Gasteiger partial charge on any atom is 0.335 e. The molecule has 1 aliphatic carbocycles. The first-order valence-corrected chi connectivity index (χ1v) is 9.24. The maximum absolute atomic E-state index is 13.1. The predicted octanol–water partition coefficient (Wildman–Crippen LogP) is 2.09.